The maximum Gasteiger partial charge on any atom is 0.143 e. The molecule has 0 aliphatic rings. The zero-order valence-electron chi connectivity index (χ0n) is 8.13. The Bertz CT molecular complexity index is 256. The lowest BCUT2D eigenvalue weighted by molar-refractivity contribution is 0.201. The second-order valence-electron chi connectivity index (χ2n) is 3.63. The van der Waals surface area contributed by atoms with Crippen LogP contribution >= 0.6 is 0 Å². The normalized spacial score (nSPS) is 17.8. The quantitative estimate of drug-likeness (QED) is 0.762. The molecular formula is C11H16FN. The van der Waals surface area contributed by atoms with Crippen LogP contribution in [-0.2, 0) is 0 Å². The van der Waals surface area contributed by atoms with E-state index in [9.17, 15) is 4.39 Å². The van der Waals surface area contributed by atoms with Gasteiger partial charge in [0.25, 0.3) is 0 Å². The summed E-state index contributed by atoms with van der Waals surface area (Å²) in [6.45, 7) is 3.64. The van der Waals surface area contributed by atoms with Gasteiger partial charge in [-0.05, 0) is 18.9 Å². The van der Waals surface area contributed by atoms with Crippen molar-refractivity contribution in [1.29, 1.82) is 0 Å². The van der Waals surface area contributed by atoms with Crippen molar-refractivity contribution in [3.8, 4) is 0 Å². The third-order valence-electron chi connectivity index (χ3n) is 2.43. The smallest absolute Gasteiger partial charge is 0.143 e. The van der Waals surface area contributed by atoms with Gasteiger partial charge in [-0.15, -0.1) is 0 Å². The Morgan fingerprint density at radius 3 is 2.38 bits per heavy atom. The van der Waals surface area contributed by atoms with Gasteiger partial charge >= 0.3 is 0 Å². The number of hydrogen-bond acceptors (Lipinski definition) is 1. The summed E-state index contributed by atoms with van der Waals surface area (Å²) in [4.78, 5) is 0. The van der Waals surface area contributed by atoms with E-state index in [1.165, 1.54) is 0 Å². The molecule has 13 heavy (non-hydrogen) atoms. The molecular weight excluding hydrogens is 165 g/mol. The zero-order valence-corrected chi connectivity index (χ0v) is 8.13. The van der Waals surface area contributed by atoms with E-state index in [-0.39, 0.29) is 0 Å². The Kier molecular flexibility index (Phi) is 3.04. The first-order chi connectivity index (χ1) is 6.08. The summed E-state index contributed by atoms with van der Waals surface area (Å²) in [7, 11) is 0. The van der Waals surface area contributed by atoms with Crippen LogP contribution in [0.1, 0.15) is 32.0 Å². The van der Waals surface area contributed by atoms with Crippen LogP contribution in [0.2, 0.25) is 0 Å². The predicted molar refractivity (Wildman–Crippen MR) is 53.2 cm³/mol. The van der Waals surface area contributed by atoms with Gasteiger partial charge in [-0.2, -0.15) is 0 Å². The van der Waals surface area contributed by atoms with Crippen LogP contribution in [0, 0.1) is 0 Å². The fourth-order valence-electron chi connectivity index (χ4n) is 1.18. The second kappa shape index (κ2) is 3.88. The summed E-state index contributed by atoms with van der Waals surface area (Å²) < 4.78 is 13.8. The molecule has 0 aliphatic carbocycles. The minimum absolute atomic E-state index is 0.628. The number of rotatable bonds is 3. The molecule has 72 valence electrons. The highest BCUT2D eigenvalue weighted by Crippen LogP contribution is 2.29. The lowest BCUT2D eigenvalue weighted by atomic mass is 9.89. The van der Waals surface area contributed by atoms with E-state index in [1.807, 2.05) is 25.1 Å². The third-order valence-corrected chi connectivity index (χ3v) is 2.43. The number of nitrogens with two attached hydrogens (primary N) is 1. The van der Waals surface area contributed by atoms with Crippen molar-refractivity contribution >= 4 is 0 Å². The standard InChI is InChI=1S/C11H16FN/c1-3-11(2,13)10(12)9-7-5-4-6-8-9/h4-8,10H,3,13H2,1-2H3/t10-,11-/m1/s1. The summed E-state index contributed by atoms with van der Waals surface area (Å²) in [6.07, 6.45) is -0.457. The average molecular weight is 181 g/mol. The molecule has 0 aliphatic heterocycles. The predicted octanol–water partition coefficient (Wildman–Crippen LogP) is 2.82. The van der Waals surface area contributed by atoms with Gasteiger partial charge in [-0.1, -0.05) is 37.3 Å². The van der Waals surface area contributed by atoms with Crippen LogP contribution in [0.5, 0.6) is 0 Å². The van der Waals surface area contributed by atoms with Gasteiger partial charge in [-0.3, -0.25) is 0 Å². The Balaban J connectivity index is 2.85. The molecule has 0 radical (unpaired) electrons. The maximum atomic E-state index is 13.8. The molecule has 0 spiro atoms. The number of halogens is 1. The van der Waals surface area contributed by atoms with E-state index in [1.54, 1.807) is 19.1 Å². The van der Waals surface area contributed by atoms with Crippen LogP contribution in [0.15, 0.2) is 30.3 Å². The third kappa shape index (κ3) is 2.28. The van der Waals surface area contributed by atoms with E-state index >= 15 is 0 Å². The lowest BCUT2D eigenvalue weighted by Gasteiger charge is -2.27. The highest BCUT2D eigenvalue weighted by Gasteiger charge is 2.29. The van der Waals surface area contributed by atoms with Crippen LogP contribution < -0.4 is 5.73 Å². The summed E-state index contributed by atoms with van der Waals surface area (Å²) in [5, 5.41) is 0. The van der Waals surface area contributed by atoms with Gasteiger partial charge in [0, 0.05) is 5.54 Å². The van der Waals surface area contributed by atoms with Crippen molar-refractivity contribution in [3.63, 3.8) is 0 Å². The van der Waals surface area contributed by atoms with Crippen LogP contribution in [0.4, 0.5) is 4.39 Å². The van der Waals surface area contributed by atoms with Gasteiger partial charge in [0.05, 0.1) is 0 Å². The Hall–Kier alpha value is -0.890. The van der Waals surface area contributed by atoms with Crippen LogP contribution in [0.3, 0.4) is 0 Å². The molecule has 0 heterocycles. The van der Waals surface area contributed by atoms with Gasteiger partial charge < -0.3 is 5.73 Å². The summed E-state index contributed by atoms with van der Waals surface area (Å²) in [5.41, 5.74) is 5.72. The van der Waals surface area contributed by atoms with Gasteiger partial charge in [-0.25, -0.2) is 4.39 Å². The molecule has 0 saturated carbocycles. The van der Waals surface area contributed by atoms with Crippen LogP contribution in [0.25, 0.3) is 0 Å². The summed E-state index contributed by atoms with van der Waals surface area (Å²) in [6, 6.07) is 9.06. The number of hydrogen-bond donors (Lipinski definition) is 1. The molecule has 1 nitrogen and oxygen atoms in total. The molecule has 2 atom stereocenters. The van der Waals surface area contributed by atoms with E-state index in [0.717, 1.165) is 0 Å². The lowest BCUT2D eigenvalue weighted by Crippen LogP contribution is -2.40. The number of benzene rings is 1. The molecule has 2 heteroatoms. The Morgan fingerprint density at radius 2 is 1.92 bits per heavy atom. The second-order valence-corrected chi connectivity index (χ2v) is 3.63. The molecule has 1 aromatic carbocycles. The van der Waals surface area contributed by atoms with E-state index in [4.69, 9.17) is 5.73 Å². The summed E-state index contributed by atoms with van der Waals surface area (Å²) in [5.74, 6) is 0. The molecule has 1 aromatic rings. The monoisotopic (exact) mass is 181 g/mol. The first-order valence-corrected chi connectivity index (χ1v) is 4.56. The average Bonchev–Trinajstić information content (AvgIpc) is 2.18. The number of alkyl halides is 1. The molecule has 0 saturated heterocycles. The first kappa shape index (κ1) is 10.2. The van der Waals surface area contributed by atoms with Gasteiger partial charge in [0.15, 0.2) is 0 Å². The first-order valence-electron chi connectivity index (χ1n) is 4.56. The summed E-state index contributed by atoms with van der Waals surface area (Å²) >= 11 is 0. The van der Waals surface area contributed by atoms with Crippen LogP contribution in [-0.4, -0.2) is 5.54 Å². The van der Waals surface area contributed by atoms with Gasteiger partial charge in [0.2, 0.25) is 0 Å². The SMILES string of the molecule is CC[C@@](C)(N)[C@H](F)c1ccccc1. The fourth-order valence-corrected chi connectivity index (χ4v) is 1.18. The molecule has 0 fully saturated rings. The Labute approximate surface area is 78.8 Å². The van der Waals surface area contributed by atoms with E-state index in [2.05, 4.69) is 0 Å². The molecule has 0 amide bonds. The zero-order chi connectivity index (χ0) is 9.90. The fraction of sp³-hybridized carbons (Fsp3) is 0.455. The van der Waals surface area contributed by atoms with Crippen molar-refractivity contribution in [2.24, 2.45) is 5.73 Å². The highest BCUT2D eigenvalue weighted by atomic mass is 19.1. The van der Waals surface area contributed by atoms with Crippen molar-refractivity contribution in [2.75, 3.05) is 0 Å². The largest absolute Gasteiger partial charge is 0.323 e. The molecule has 2 N–H and O–H groups in total. The maximum absolute atomic E-state index is 13.8. The van der Waals surface area contributed by atoms with Crippen molar-refractivity contribution < 1.29 is 4.39 Å². The Morgan fingerprint density at radius 1 is 1.38 bits per heavy atom. The molecule has 1 rings (SSSR count). The molecule has 0 aromatic heterocycles. The van der Waals surface area contributed by atoms with Crippen molar-refractivity contribution in [2.45, 2.75) is 32.0 Å². The minimum Gasteiger partial charge on any atom is -0.323 e. The van der Waals surface area contributed by atoms with E-state index in [0.29, 0.717) is 12.0 Å². The minimum atomic E-state index is -1.08. The van der Waals surface area contributed by atoms with Crippen molar-refractivity contribution in [3.05, 3.63) is 35.9 Å². The topological polar surface area (TPSA) is 26.0 Å². The van der Waals surface area contributed by atoms with Gasteiger partial charge in [0.1, 0.15) is 6.17 Å². The molecule has 0 unspecified atom stereocenters. The molecule has 0 bridgehead atoms. The van der Waals surface area contributed by atoms with E-state index < -0.39 is 11.7 Å². The van der Waals surface area contributed by atoms with Crippen molar-refractivity contribution in [1.82, 2.24) is 0 Å². The highest BCUT2D eigenvalue weighted by molar-refractivity contribution is 5.20.